The Balaban J connectivity index is 0.000000284. The standard InChI is InChI=1S/C39H45NO4.C29H28N2O3.C8H16O2.CH4/c1-30(28-44-38(2,3)4)25-26-32(37(42)43-29-31-17-9-5-10-18-31)27-36(41)40-39(33-19-11-6-12-20-33,34-21-13-7-14-22-34)35-23-15-8-16-24-35;30-27(28(32)33-21-23-13-5-1-6-14-23)22-34-31-29(24-15-7-2-8-16-24,25-17-9-3-10-18-25)26-19-11-4-12-20-26;1-7(5-9)6-10-8(2,3)4;/h5-24,30,32H,25-29H2,1-4H3,(H,40,41);1-20,27,31H,21-22,30H2;5,7H,6H2,1-4H3;1H4/t30-,32+;27-;7-;/m101./s1. The quantitative estimate of drug-likeness (QED) is 0.0194. The second kappa shape index (κ2) is 36.2. The smallest absolute Gasteiger partial charge is 0.325 e. The molecule has 0 saturated heterocycles. The van der Waals surface area contributed by atoms with E-state index in [1.807, 2.05) is 291 Å². The van der Waals surface area contributed by atoms with E-state index in [4.69, 9.17) is 29.5 Å². The fourth-order valence-electron chi connectivity index (χ4n) is 9.68. The van der Waals surface area contributed by atoms with Crippen LogP contribution in [0.1, 0.15) is 127 Å². The number of hydroxylamine groups is 1. The Bertz CT molecular complexity index is 3060. The number of carbonyl (C=O) groups is 4. The zero-order valence-electron chi connectivity index (χ0n) is 52.4. The van der Waals surface area contributed by atoms with Crippen molar-refractivity contribution in [1.82, 2.24) is 10.8 Å². The third-order valence-electron chi connectivity index (χ3n) is 14.4. The first-order chi connectivity index (χ1) is 42.3. The molecule has 12 heteroatoms. The summed E-state index contributed by atoms with van der Waals surface area (Å²) in [6.07, 6.45) is 2.17. The summed E-state index contributed by atoms with van der Waals surface area (Å²) >= 11 is 0. The van der Waals surface area contributed by atoms with Crippen molar-refractivity contribution in [2.75, 3.05) is 19.8 Å². The minimum Gasteiger partial charge on any atom is -0.461 e. The van der Waals surface area contributed by atoms with E-state index in [1.54, 1.807) is 0 Å². The average Bonchev–Trinajstić information content (AvgIpc) is 0.806. The Hall–Kier alpha value is -8.36. The van der Waals surface area contributed by atoms with Gasteiger partial charge in [-0.15, -0.1) is 0 Å². The lowest BCUT2D eigenvalue weighted by Gasteiger charge is -2.37. The maximum Gasteiger partial charge on any atom is 0.325 e. The topological polar surface area (TPSA) is 165 Å². The zero-order valence-corrected chi connectivity index (χ0v) is 52.4. The number of nitrogens with one attached hydrogen (secondary N) is 2. The molecular weight excluding hydrogens is 1110 g/mol. The second-order valence-corrected chi connectivity index (χ2v) is 24.0. The molecule has 4 atom stereocenters. The van der Waals surface area contributed by atoms with Crippen molar-refractivity contribution in [2.45, 2.75) is 124 Å². The highest BCUT2D eigenvalue weighted by atomic mass is 16.6. The van der Waals surface area contributed by atoms with E-state index in [-0.39, 0.29) is 68.6 Å². The molecule has 12 nitrogen and oxygen atoms in total. The van der Waals surface area contributed by atoms with Crippen LogP contribution in [0.3, 0.4) is 0 Å². The minimum absolute atomic E-state index is 0. The zero-order chi connectivity index (χ0) is 63.3. The lowest BCUT2D eigenvalue weighted by atomic mass is 9.76. The number of esters is 2. The van der Waals surface area contributed by atoms with Crippen molar-refractivity contribution in [1.29, 1.82) is 0 Å². The average molecular weight is 1200 g/mol. The van der Waals surface area contributed by atoms with E-state index in [9.17, 15) is 19.2 Å². The molecular formula is C77H93N3O9. The Morgan fingerprint density at radius 2 is 0.775 bits per heavy atom. The molecule has 0 aliphatic heterocycles. The SMILES string of the molecule is C.C[C@H](C=O)COC(C)(C)C.C[C@H](CC[C@@H](CC(=O)NC(c1ccccc1)(c1ccccc1)c1ccccc1)C(=O)OCc1ccccc1)COC(C)(C)C.N[C@@H](CONC(c1ccccc1)(c1ccccc1)c1ccccc1)C(=O)OCc1ccccc1. The largest absolute Gasteiger partial charge is 0.461 e. The van der Waals surface area contributed by atoms with Crippen LogP contribution < -0.4 is 16.5 Å². The van der Waals surface area contributed by atoms with Gasteiger partial charge in [-0.2, -0.15) is 5.48 Å². The van der Waals surface area contributed by atoms with Crippen molar-refractivity contribution in [3.63, 3.8) is 0 Å². The molecule has 470 valence electrons. The lowest BCUT2D eigenvalue weighted by molar-refractivity contribution is -0.152. The van der Waals surface area contributed by atoms with Crippen LogP contribution in [0, 0.1) is 17.8 Å². The predicted octanol–water partition coefficient (Wildman–Crippen LogP) is 14.9. The van der Waals surface area contributed by atoms with Crippen LogP contribution in [0.2, 0.25) is 0 Å². The molecule has 0 heterocycles. The normalized spacial score (nSPS) is 12.8. The Morgan fingerprint density at radius 3 is 1.12 bits per heavy atom. The van der Waals surface area contributed by atoms with Gasteiger partial charge in [-0.3, -0.25) is 19.2 Å². The van der Waals surface area contributed by atoms with Crippen LogP contribution in [0.5, 0.6) is 0 Å². The second-order valence-electron chi connectivity index (χ2n) is 24.0. The first-order valence-electron chi connectivity index (χ1n) is 30.3. The first-order valence-corrected chi connectivity index (χ1v) is 30.3. The van der Waals surface area contributed by atoms with E-state index in [1.165, 1.54) is 0 Å². The molecule has 0 spiro atoms. The van der Waals surface area contributed by atoms with Crippen molar-refractivity contribution in [3.05, 3.63) is 287 Å². The molecule has 8 aromatic carbocycles. The molecule has 0 saturated carbocycles. The molecule has 0 unspecified atom stereocenters. The summed E-state index contributed by atoms with van der Waals surface area (Å²) in [5.74, 6) is -1.47. The molecule has 89 heavy (non-hydrogen) atoms. The van der Waals surface area contributed by atoms with E-state index < -0.39 is 29.0 Å². The molecule has 1 amide bonds. The highest BCUT2D eigenvalue weighted by Crippen LogP contribution is 2.39. The number of aldehydes is 1. The maximum atomic E-state index is 14.1. The van der Waals surface area contributed by atoms with Gasteiger partial charge in [-0.25, -0.2) is 0 Å². The molecule has 8 rings (SSSR count). The number of benzene rings is 8. The summed E-state index contributed by atoms with van der Waals surface area (Å²) in [7, 11) is 0. The molecule has 0 fully saturated rings. The number of nitrogens with two attached hydrogens (primary N) is 1. The van der Waals surface area contributed by atoms with Gasteiger partial charge in [0.15, 0.2) is 0 Å². The van der Waals surface area contributed by atoms with Crippen LogP contribution in [-0.2, 0) is 67.3 Å². The summed E-state index contributed by atoms with van der Waals surface area (Å²) in [4.78, 5) is 56.1. The summed E-state index contributed by atoms with van der Waals surface area (Å²) in [5.41, 5.74) is 14.8. The molecule has 0 bridgehead atoms. The number of amides is 1. The van der Waals surface area contributed by atoms with Gasteiger partial charge < -0.3 is 34.8 Å². The van der Waals surface area contributed by atoms with Gasteiger partial charge in [0.1, 0.15) is 36.6 Å². The van der Waals surface area contributed by atoms with Crippen molar-refractivity contribution >= 4 is 24.1 Å². The summed E-state index contributed by atoms with van der Waals surface area (Å²) in [6, 6.07) is 78.3. The number of carbonyl (C=O) groups excluding carboxylic acids is 4. The maximum absolute atomic E-state index is 14.1. The summed E-state index contributed by atoms with van der Waals surface area (Å²) < 4.78 is 22.5. The third-order valence-corrected chi connectivity index (χ3v) is 14.4. The highest BCUT2D eigenvalue weighted by Gasteiger charge is 2.40. The molecule has 0 radical (unpaired) electrons. The first kappa shape index (κ1) is 71.4. The Morgan fingerprint density at radius 1 is 0.449 bits per heavy atom. The fourth-order valence-corrected chi connectivity index (χ4v) is 9.68. The highest BCUT2D eigenvalue weighted by molar-refractivity contribution is 5.84. The van der Waals surface area contributed by atoms with Crippen LogP contribution in [0.4, 0.5) is 0 Å². The Labute approximate surface area is 529 Å². The van der Waals surface area contributed by atoms with Crippen LogP contribution in [-0.4, -0.2) is 61.2 Å². The van der Waals surface area contributed by atoms with E-state index in [2.05, 4.69) is 17.7 Å². The number of ether oxygens (including phenoxy) is 4. The number of hydrogen-bond donors (Lipinski definition) is 3. The number of hydrogen-bond acceptors (Lipinski definition) is 11. The molecule has 0 aliphatic carbocycles. The summed E-state index contributed by atoms with van der Waals surface area (Å²) in [5, 5.41) is 3.40. The van der Waals surface area contributed by atoms with Crippen molar-refractivity contribution in [2.24, 2.45) is 23.5 Å². The number of rotatable bonds is 27. The van der Waals surface area contributed by atoms with Crippen molar-refractivity contribution in [3.8, 4) is 0 Å². The Kier molecular flexibility index (Phi) is 29.0. The van der Waals surface area contributed by atoms with E-state index >= 15 is 0 Å². The fraction of sp³-hybridized carbons (Fsp3) is 0.325. The lowest BCUT2D eigenvalue weighted by Crippen LogP contribution is -2.48. The van der Waals surface area contributed by atoms with Crippen LogP contribution in [0.15, 0.2) is 243 Å². The predicted molar refractivity (Wildman–Crippen MR) is 356 cm³/mol. The van der Waals surface area contributed by atoms with Crippen molar-refractivity contribution < 1.29 is 43.0 Å². The van der Waals surface area contributed by atoms with E-state index in [0.717, 1.165) is 57.2 Å². The van der Waals surface area contributed by atoms with Gasteiger partial charge in [0.05, 0.1) is 30.3 Å². The molecule has 4 N–H and O–H groups in total. The van der Waals surface area contributed by atoms with Gasteiger partial charge in [-0.05, 0) is 105 Å². The monoisotopic (exact) mass is 1200 g/mol. The van der Waals surface area contributed by atoms with Gasteiger partial charge in [0, 0.05) is 18.9 Å². The molecule has 8 aromatic rings. The van der Waals surface area contributed by atoms with Crippen LogP contribution >= 0.6 is 0 Å². The van der Waals surface area contributed by atoms with Crippen LogP contribution in [0.25, 0.3) is 0 Å². The van der Waals surface area contributed by atoms with Gasteiger partial charge in [0.2, 0.25) is 5.91 Å². The van der Waals surface area contributed by atoms with Gasteiger partial charge >= 0.3 is 11.9 Å². The van der Waals surface area contributed by atoms with Gasteiger partial charge in [-0.1, -0.05) is 264 Å². The molecule has 0 aromatic heterocycles. The van der Waals surface area contributed by atoms with Gasteiger partial charge in [0.25, 0.3) is 0 Å². The minimum atomic E-state index is -0.951. The van der Waals surface area contributed by atoms with E-state index in [0.29, 0.717) is 19.6 Å². The third kappa shape index (κ3) is 22.9. The molecule has 0 aliphatic rings. The summed E-state index contributed by atoms with van der Waals surface area (Å²) in [6.45, 7) is 17.4.